The van der Waals surface area contributed by atoms with Crippen molar-refractivity contribution in [1.82, 2.24) is 0 Å². The smallest absolute Gasteiger partial charge is 0.137 e. The van der Waals surface area contributed by atoms with Gasteiger partial charge in [-0.3, -0.25) is 0 Å². The molecule has 0 amide bonds. The summed E-state index contributed by atoms with van der Waals surface area (Å²) in [5.74, 6) is 0.843. The van der Waals surface area contributed by atoms with Crippen molar-refractivity contribution in [3.8, 4) is 5.75 Å². The van der Waals surface area contributed by atoms with Crippen LogP contribution in [-0.4, -0.2) is 50.5 Å². The van der Waals surface area contributed by atoms with E-state index in [2.05, 4.69) is 42.7 Å². The van der Waals surface area contributed by atoms with Gasteiger partial charge in [0.05, 0.1) is 26.2 Å². The van der Waals surface area contributed by atoms with Gasteiger partial charge < -0.3 is 19.6 Å². The molecule has 2 aromatic rings. The molecule has 27 heavy (non-hydrogen) atoms. The molecule has 1 fully saturated rings. The molecule has 0 aliphatic carbocycles. The molecule has 0 aromatic heterocycles. The van der Waals surface area contributed by atoms with Crippen LogP contribution in [0.5, 0.6) is 5.75 Å². The van der Waals surface area contributed by atoms with E-state index in [0.29, 0.717) is 6.61 Å². The third-order valence-corrected chi connectivity index (χ3v) is 5.16. The molecule has 0 bridgehead atoms. The summed E-state index contributed by atoms with van der Waals surface area (Å²) in [6, 6.07) is 16.7. The largest absolute Gasteiger partial charge is 0.490 e. The van der Waals surface area contributed by atoms with E-state index in [0.717, 1.165) is 50.5 Å². The minimum atomic E-state index is -0.456. The van der Waals surface area contributed by atoms with Crippen molar-refractivity contribution in [2.24, 2.45) is 0 Å². The lowest BCUT2D eigenvalue weighted by Crippen LogP contribution is -3.16. The lowest BCUT2D eigenvalue weighted by Gasteiger charge is -2.34. The first-order chi connectivity index (χ1) is 13.2. The number of ether oxygens (including phenoxy) is 1. The number of anilines is 1. The molecule has 2 N–H and O–H groups in total. The van der Waals surface area contributed by atoms with E-state index in [4.69, 9.17) is 4.74 Å². The average Bonchev–Trinajstić information content (AvgIpc) is 2.69. The van der Waals surface area contributed by atoms with E-state index in [1.54, 1.807) is 0 Å². The first-order valence-electron chi connectivity index (χ1n) is 9.80. The first kappa shape index (κ1) is 19.5. The number of benzene rings is 2. The number of aliphatic hydroxyl groups is 1. The highest BCUT2D eigenvalue weighted by molar-refractivity contribution is 5.47. The molecule has 3 rings (SSSR count). The number of aryl methyl sites for hydroxylation is 1. The van der Waals surface area contributed by atoms with E-state index >= 15 is 0 Å². The maximum Gasteiger partial charge on any atom is 0.137 e. The Bertz CT molecular complexity index is 721. The molecule has 2 aromatic carbocycles. The summed E-state index contributed by atoms with van der Waals surface area (Å²) in [7, 11) is 0. The number of quaternary nitrogens is 1. The van der Waals surface area contributed by atoms with E-state index < -0.39 is 6.10 Å². The molecule has 0 spiro atoms. The van der Waals surface area contributed by atoms with Crippen molar-refractivity contribution in [3.05, 3.63) is 72.3 Å². The maximum atomic E-state index is 10.4. The number of piperazine rings is 1. The van der Waals surface area contributed by atoms with Crippen LogP contribution in [0, 0.1) is 6.92 Å². The van der Waals surface area contributed by atoms with Crippen molar-refractivity contribution in [1.29, 1.82) is 0 Å². The Morgan fingerprint density at radius 1 is 1.15 bits per heavy atom. The quantitative estimate of drug-likeness (QED) is 0.700. The zero-order valence-electron chi connectivity index (χ0n) is 16.2. The molecule has 1 aliphatic heterocycles. The standard InChI is InChI=1S/C23H30N2O2/c1-3-6-20-7-4-5-8-23(20)27-18-22(26)17-24-13-15-25(16-14-24)21-11-9-19(2)10-12-21/h3-5,7-12,22,26H,1,6,13-18H2,2H3/p+1/t22-/m1/s1. The average molecular weight is 368 g/mol. The number of nitrogens with one attached hydrogen (secondary N) is 1. The molecule has 144 valence electrons. The lowest BCUT2D eigenvalue weighted by molar-refractivity contribution is -0.903. The van der Waals surface area contributed by atoms with Crippen LogP contribution in [0.15, 0.2) is 61.2 Å². The van der Waals surface area contributed by atoms with Crippen LogP contribution in [-0.2, 0) is 6.42 Å². The molecule has 1 heterocycles. The number of rotatable bonds is 8. The molecule has 0 saturated carbocycles. The zero-order valence-corrected chi connectivity index (χ0v) is 16.2. The molecular weight excluding hydrogens is 336 g/mol. The summed E-state index contributed by atoms with van der Waals surface area (Å²) in [6.07, 6.45) is 2.19. The number of hydrogen-bond donors (Lipinski definition) is 2. The van der Waals surface area contributed by atoms with E-state index in [1.807, 2.05) is 30.3 Å². The predicted octanol–water partition coefficient (Wildman–Crippen LogP) is 1.87. The van der Waals surface area contributed by atoms with E-state index in [-0.39, 0.29) is 0 Å². The fraction of sp³-hybridized carbons (Fsp3) is 0.391. The fourth-order valence-corrected chi connectivity index (χ4v) is 3.59. The van der Waals surface area contributed by atoms with Crippen molar-refractivity contribution >= 4 is 5.69 Å². The molecule has 4 nitrogen and oxygen atoms in total. The number of para-hydroxylation sites is 1. The van der Waals surface area contributed by atoms with E-state index in [9.17, 15) is 5.11 Å². The predicted molar refractivity (Wildman–Crippen MR) is 111 cm³/mol. The highest BCUT2D eigenvalue weighted by Gasteiger charge is 2.23. The van der Waals surface area contributed by atoms with Crippen LogP contribution in [0.2, 0.25) is 0 Å². The topological polar surface area (TPSA) is 37.1 Å². The molecule has 0 unspecified atom stereocenters. The number of allylic oxidation sites excluding steroid dienone is 1. The van der Waals surface area contributed by atoms with Gasteiger partial charge in [0.2, 0.25) is 0 Å². The molecule has 1 aliphatic rings. The van der Waals surface area contributed by atoms with Crippen LogP contribution < -0.4 is 14.5 Å². The van der Waals surface area contributed by atoms with E-state index in [1.165, 1.54) is 16.2 Å². The summed E-state index contributed by atoms with van der Waals surface area (Å²) in [5.41, 5.74) is 3.70. The van der Waals surface area contributed by atoms with Crippen LogP contribution in [0.4, 0.5) is 5.69 Å². The van der Waals surface area contributed by atoms with Crippen molar-refractivity contribution in [2.45, 2.75) is 19.4 Å². The normalized spacial score (nSPS) is 16.1. The van der Waals surface area contributed by atoms with Crippen LogP contribution in [0.25, 0.3) is 0 Å². The van der Waals surface area contributed by atoms with Gasteiger partial charge in [-0.15, -0.1) is 6.58 Å². The second-order valence-electron chi connectivity index (χ2n) is 7.34. The van der Waals surface area contributed by atoms with Gasteiger partial charge in [-0.05, 0) is 37.1 Å². The highest BCUT2D eigenvalue weighted by atomic mass is 16.5. The SMILES string of the molecule is C=CCc1ccccc1OC[C@H](O)C[NH+]1CCN(c2ccc(C)cc2)CC1. The number of hydrogen-bond acceptors (Lipinski definition) is 3. The van der Waals surface area contributed by atoms with Crippen LogP contribution in [0.3, 0.4) is 0 Å². The Kier molecular flexibility index (Phi) is 6.91. The molecule has 1 atom stereocenters. The maximum absolute atomic E-state index is 10.4. The summed E-state index contributed by atoms with van der Waals surface area (Å²) in [6.45, 7) is 11.1. The first-order valence-corrected chi connectivity index (χ1v) is 9.80. The summed E-state index contributed by atoms with van der Waals surface area (Å²) in [5, 5.41) is 10.4. The van der Waals surface area contributed by atoms with Crippen molar-refractivity contribution in [3.63, 3.8) is 0 Å². The van der Waals surface area contributed by atoms with Gasteiger partial charge in [-0.25, -0.2) is 0 Å². The Balaban J connectivity index is 1.44. The number of nitrogens with zero attached hydrogens (tertiary/aromatic N) is 1. The van der Waals surface area contributed by atoms with Gasteiger partial charge in [0, 0.05) is 5.69 Å². The summed E-state index contributed by atoms with van der Waals surface area (Å²) < 4.78 is 5.87. The fourth-order valence-electron chi connectivity index (χ4n) is 3.59. The minimum Gasteiger partial charge on any atom is -0.490 e. The monoisotopic (exact) mass is 367 g/mol. The third kappa shape index (κ3) is 5.59. The minimum absolute atomic E-state index is 0.333. The van der Waals surface area contributed by atoms with Crippen molar-refractivity contribution < 1.29 is 14.7 Å². The number of aliphatic hydroxyl groups excluding tert-OH is 1. The third-order valence-electron chi connectivity index (χ3n) is 5.16. The van der Waals surface area contributed by atoms with Gasteiger partial charge in [0.1, 0.15) is 25.0 Å². The van der Waals surface area contributed by atoms with Gasteiger partial charge in [-0.2, -0.15) is 0 Å². The van der Waals surface area contributed by atoms with Crippen LogP contribution >= 0.6 is 0 Å². The van der Waals surface area contributed by atoms with Gasteiger partial charge in [-0.1, -0.05) is 42.0 Å². The van der Waals surface area contributed by atoms with Gasteiger partial charge in [0.15, 0.2) is 0 Å². The second kappa shape index (κ2) is 9.58. The second-order valence-corrected chi connectivity index (χ2v) is 7.34. The molecule has 4 heteroatoms. The molecule has 1 saturated heterocycles. The summed E-state index contributed by atoms with van der Waals surface area (Å²) in [4.78, 5) is 3.87. The zero-order chi connectivity index (χ0) is 19.1. The molecular formula is C23H31N2O2+. The summed E-state index contributed by atoms with van der Waals surface area (Å²) >= 11 is 0. The Hall–Kier alpha value is -2.30. The Morgan fingerprint density at radius 2 is 1.85 bits per heavy atom. The van der Waals surface area contributed by atoms with Gasteiger partial charge >= 0.3 is 0 Å². The Morgan fingerprint density at radius 3 is 2.56 bits per heavy atom. The van der Waals surface area contributed by atoms with Gasteiger partial charge in [0.25, 0.3) is 0 Å². The molecule has 0 radical (unpaired) electrons. The van der Waals surface area contributed by atoms with Crippen molar-refractivity contribution in [2.75, 3.05) is 44.2 Å². The highest BCUT2D eigenvalue weighted by Crippen LogP contribution is 2.19. The Labute approximate surface area is 162 Å². The van der Waals surface area contributed by atoms with Crippen LogP contribution in [0.1, 0.15) is 11.1 Å². The lowest BCUT2D eigenvalue weighted by atomic mass is 10.1.